The molecule has 0 unspecified atom stereocenters. The standard InChI is InChI=1S/C19H27N7O4/c1-19(2,3)15(17(29)25-10-13(27)8-14(25)16(28)20-4)26-9-12(23-24-26)11-30-18-21-6-5-7-22-18/h5-7,9,13-15,27H,8,10-11H2,1-4H3,(H,20,28)/t13-,14+,15-/m1/s1. The van der Waals surface area contributed by atoms with Crippen LogP contribution in [0.2, 0.25) is 0 Å². The van der Waals surface area contributed by atoms with E-state index in [-0.39, 0.29) is 37.4 Å². The van der Waals surface area contributed by atoms with Crippen molar-refractivity contribution in [3.63, 3.8) is 0 Å². The van der Waals surface area contributed by atoms with Gasteiger partial charge in [0.15, 0.2) is 0 Å². The zero-order valence-electron chi connectivity index (χ0n) is 17.5. The van der Waals surface area contributed by atoms with E-state index in [1.54, 1.807) is 24.7 Å². The molecule has 2 amide bonds. The number of aliphatic hydroxyl groups is 1. The fourth-order valence-electron chi connectivity index (χ4n) is 3.51. The second-order valence-electron chi connectivity index (χ2n) is 8.29. The van der Waals surface area contributed by atoms with E-state index in [9.17, 15) is 14.7 Å². The number of rotatable bonds is 6. The van der Waals surface area contributed by atoms with Crippen LogP contribution < -0.4 is 10.1 Å². The van der Waals surface area contributed by atoms with Crippen molar-refractivity contribution in [1.29, 1.82) is 0 Å². The number of ether oxygens (including phenoxy) is 1. The monoisotopic (exact) mass is 417 g/mol. The van der Waals surface area contributed by atoms with E-state index >= 15 is 0 Å². The number of nitrogens with one attached hydrogen (secondary N) is 1. The normalized spacial score (nSPS) is 20.1. The Morgan fingerprint density at radius 3 is 2.67 bits per heavy atom. The molecule has 2 N–H and O–H groups in total. The Labute approximate surface area is 174 Å². The molecule has 0 aromatic carbocycles. The van der Waals surface area contributed by atoms with E-state index in [2.05, 4.69) is 25.6 Å². The Morgan fingerprint density at radius 2 is 2.03 bits per heavy atom. The minimum atomic E-state index is -0.748. The third-order valence-electron chi connectivity index (χ3n) is 4.88. The second-order valence-corrected chi connectivity index (χ2v) is 8.29. The summed E-state index contributed by atoms with van der Waals surface area (Å²) in [6, 6.07) is 0.465. The molecule has 1 aliphatic rings. The number of likely N-dealkylation sites (tertiary alicyclic amines) is 1. The SMILES string of the molecule is CNC(=O)[C@@H]1C[C@@H](O)CN1C(=O)[C@@H](n1cc(COc2ncccn2)nn1)C(C)(C)C. The lowest BCUT2D eigenvalue weighted by molar-refractivity contribution is -0.144. The summed E-state index contributed by atoms with van der Waals surface area (Å²) < 4.78 is 6.97. The van der Waals surface area contributed by atoms with Crippen molar-refractivity contribution in [2.75, 3.05) is 13.6 Å². The molecule has 0 saturated carbocycles. The molecule has 0 radical (unpaired) electrons. The van der Waals surface area contributed by atoms with E-state index in [0.29, 0.717) is 5.69 Å². The van der Waals surface area contributed by atoms with Gasteiger partial charge in [-0.2, -0.15) is 0 Å². The van der Waals surface area contributed by atoms with Crippen LogP contribution in [0, 0.1) is 5.41 Å². The topological polar surface area (TPSA) is 135 Å². The summed E-state index contributed by atoms with van der Waals surface area (Å²) in [5.74, 6) is -0.598. The minimum absolute atomic E-state index is 0.0956. The Morgan fingerprint density at radius 1 is 1.33 bits per heavy atom. The number of β-amino-alcohol motifs (C(OH)–C–C–N with tert-alkyl or cyclic N) is 1. The lowest BCUT2D eigenvalue weighted by Gasteiger charge is -2.34. The molecule has 3 rings (SSSR count). The van der Waals surface area contributed by atoms with E-state index < -0.39 is 23.6 Å². The molecule has 0 spiro atoms. The van der Waals surface area contributed by atoms with Crippen molar-refractivity contribution in [2.45, 2.75) is 52.0 Å². The second kappa shape index (κ2) is 8.74. The first-order valence-corrected chi connectivity index (χ1v) is 9.71. The number of hydrogen-bond acceptors (Lipinski definition) is 8. The van der Waals surface area contributed by atoms with E-state index in [4.69, 9.17) is 4.74 Å². The van der Waals surface area contributed by atoms with Crippen molar-refractivity contribution in [3.8, 4) is 6.01 Å². The van der Waals surface area contributed by atoms with Crippen LogP contribution in [0.3, 0.4) is 0 Å². The maximum Gasteiger partial charge on any atom is 0.316 e. The molecule has 2 aromatic rings. The van der Waals surface area contributed by atoms with Gasteiger partial charge in [-0.05, 0) is 11.5 Å². The molecule has 1 aliphatic heterocycles. The number of carbonyl (C=O) groups excluding carboxylic acids is 2. The lowest BCUT2D eigenvalue weighted by atomic mass is 9.85. The van der Waals surface area contributed by atoms with Crippen LogP contribution in [0.4, 0.5) is 0 Å². The highest BCUT2D eigenvalue weighted by Crippen LogP contribution is 2.34. The fourth-order valence-corrected chi connectivity index (χ4v) is 3.51. The van der Waals surface area contributed by atoms with Crippen LogP contribution in [-0.2, 0) is 16.2 Å². The molecule has 1 fully saturated rings. The highest BCUT2D eigenvalue weighted by atomic mass is 16.5. The molecule has 2 aromatic heterocycles. The maximum atomic E-state index is 13.5. The van der Waals surface area contributed by atoms with Crippen LogP contribution in [0.15, 0.2) is 24.7 Å². The van der Waals surface area contributed by atoms with Crippen LogP contribution >= 0.6 is 0 Å². The number of carbonyl (C=O) groups is 2. The first kappa shape index (κ1) is 21.6. The molecule has 30 heavy (non-hydrogen) atoms. The molecule has 3 atom stereocenters. The summed E-state index contributed by atoms with van der Waals surface area (Å²) in [6.45, 7) is 5.92. The predicted molar refractivity (Wildman–Crippen MR) is 105 cm³/mol. The Hall–Kier alpha value is -3.08. The van der Waals surface area contributed by atoms with E-state index in [1.165, 1.54) is 16.6 Å². The van der Waals surface area contributed by atoms with Gasteiger partial charge in [0.25, 0.3) is 0 Å². The molecule has 0 aliphatic carbocycles. The average Bonchev–Trinajstić information content (AvgIpc) is 3.32. The molecular formula is C19H27N7O4. The summed E-state index contributed by atoms with van der Waals surface area (Å²) in [7, 11) is 1.51. The highest BCUT2D eigenvalue weighted by molar-refractivity contribution is 5.90. The number of hydrogen-bond donors (Lipinski definition) is 2. The van der Waals surface area contributed by atoms with Gasteiger partial charge in [-0.15, -0.1) is 5.10 Å². The van der Waals surface area contributed by atoms with Gasteiger partial charge >= 0.3 is 6.01 Å². The maximum absolute atomic E-state index is 13.5. The molecule has 0 bridgehead atoms. The number of aliphatic hydroxyl groups excluding tert-OH is 1. The fraction of sp³-hybridized carbons (Fsp3) is 0.579. The van der Waals surface area contributed by atoms with Crippen molar-refractivity contribution >= 4 is 11.8 Å². The summed E-state index contributed by atoms with van der Waals surface area (Å²) in [6.07, 6.45) is 4.23. The van der Waals surface area contributed by atoms with Gasteiger partial charge in [0.05, 0.1) is 12.3 Å². The van der Waals surface area contributed by atoms with Gasteiger partial charge in [0, 0.05) is 32.4 Å². The van der Waals surface area contributed by atoms with E-state index in [1.807, 2.05) is 20.8 Å². The average molecular weight is 417 g/mol. The Balaban J connectivity index is 1.80. The largest absolute Gasteiger partial charge is 0.457 e. The summed E-state index contributed by atoms with van der Waals surface area (Å²) in [4.78, 5) is 35.1. The third kappa shape index (κ3) is 4.73. The summed E-state index contributed by atoms with van der Waals surface area (Å²) in [5, 5.41) is 20.8. The molecule has 11 nitrogen and oxygen atoms in total. The first-order chi connectivity index (χ1) is 14.2. The molecule has 1 saturated heterocycles. The minimum Gasteiger partial charge on any atom is -0.457 e. The van der Waals surface area contributed by atoms with Crippen molar-refractivity contribution < 1.29 is 19.4 Å². The van der Waals surface area contributed by atoms with E-state index in [0.717, 1.165) is 0 Å². The predicted octanol–water partition coefficient (Wildman–Crippen LogP) is -0.0579. The van der Waals surface area contributed by atoms with Gasteiger partial charge in [0.1, 0.15) is 24.4 Å². The number of aromatic nitrogens is 5. The molecule has 162 valence electrons. The quantitative estimate of drug-likeness (QED) is 0.667. The summed E-state index contributed by atoms with van der Waals surface area (Å²) >= 11 is 0. The number of amides is 2. The van der Waals surface area contributed by atoms with Crippen LogP contribution in [0.5, 0.6) is 6.01 Å². The van der Waals surface area contributed by atoms with Crippen LogP contribution in [0.25, 0.3) is 0 Å². The van der Waals surface area contributed by atoms with Crippen molar-refractivity contribution in [2.24, 2.45) is 5.41 Å². The smallest absolute Gasteiger partial charge is 0.316 e. The Kier molecular flexibility index (Phi) is 6.30. The van der Waals surface area contributed by atoms with Crippen molar-refractivity contribution in [3.05, 3.63) is 30.4 Å². The van der Waals surface area contributed by atoms with Gasteiger partial charge in [0.2, 0.25) is 11.8 Å². The van der Waals surface area contributed by atoms with Gasteiger partial charge in [-0.3, -0.25) is 9.59 Å². The van der Waals surface area contributed by atoms with Gasteiger partial charge in [-0.25, -0.2) is 14.6 Å². The lowest BCUT2D eigenvalue weighted by Crippen LogP contribution is -2.49. The van der Waals surface area contributed by atoms with Crippen LogP contribution in [0.1, 0.15) is 38.9 Å². The van der Waals surface area contributed by atoms with Crippen LogP contribution in [-0.4, -0.2) is 72.5 Å². The Bertz CT molecular complexity index is 881. The van der Waals surface area contributed by atoms with Crippen molar-refractivity contribution in [1.82, 2.24) is 35.2 Å². The third-order valence-corrected chi connectivity index (χ3v) is 4.88. The number of likely N-dealkylation sites (N-methyl/N-ethyl adjacent to an activating group) is 1. The zero-order valence-corrected chi connectivity index (χ0v) is 17.5. The number of nitrogens with zero attached hydrogens (tertiary/aromatic N) is 6. The molecular weight excluding hydrogens is 390 g/mol. The molecule has 3 heterocycles. The first-order valence-electron chi connectivity index (χ1n) is 9.71. The van der Waals surface area contributed by atoms with Gasteiger partial charge < -0.3 is 20.1 Å². The summed E-state index contributed by atoms with van der Waals surface area (Å²) in [5.41, 5.74) is -0.0134. The highest BCUT2D eigenvalue weighted by Gasteiger charge is 2.44. The molecule has 11 heteroatoms. The zero-order chi connectivity index (χ0) is 21.9. The van der Waals surface area contributed by atoms with Gasteiger partial charge in [-0.1, -0.05) is 26.0 Å².